The van der Waals surface area contributed by atoms with Crippen LogP contribution in [0.15, 0.2) is 30.3 Å². The summed E-state index contributed by atoms with van der Waals surface area (Å²) in [6.45, 7) is 2.23. The molecule has 0 unspecified atom stereocenters. The molecule has 2 rings (SSSR count). The van der Waals surface area contributed by atoms with Gasteiger partial charge in [0, 0.05) is 5.69 Å². The van der Waals surface area contributed by atoms with E-state index in [1.54, 1.807) is 0 Å². The molecule has 22 heavy (non-hydrogen) atoms. The first-order valence-electron chi connectivity index (χ1n) is 8.66. The standard InChI is InChI=1S/C19H29N3/c1-2-3-6-14-17-18(22-19(20)21-17)15-10-5-9-13-16-11-7-4-8-12-16/h4,7-8,11-12H,2-3,5-6,9-10,13-15H2,1H3,(H3,20,21,22). The van der Waals surface area contributed by atoms with Crippen LogP contribution in [0.5, 0.6) is 0 Å². The average Bonchev–Trinajstić information content (AvgIpc) is 2.88. The van der Waals surface area contributed by atoms with Gasteiger partial charge in [-0.2, -0.15) is 0 Å². The molecular formula is C19H29N3. The lowest BCUT2D eigenvalue weighted by atomic mass is 10.0. The van der Waals surface area contributed by atoms with Gasteiger partial charge in [0.05, 0.1) is 5.69 Å². The van der Waals surface area contributed by atoms with E-state index in [9.17, 15) is 0 Å². The summed E-state index contributed by atoms with van der Waals surface area (Å²) >= 11 is 0. The normalized spacial score (nSPS) is 11.0. The fraction of sp³-hybridized carbons (Fsp3) is 0.526. The van der Waals surface area contributed by atoms with Crippen LogP contribution in [0.4, 0.5) is 5.95 Å². The Morgan fingerprint density at radius 2 is 1.64 bits per heavy atom. The summed E-state index contributed by atoms with van der Waals surface area (Å²) in [7, 11) is 0. The number of aromatic amines is 1. The summed E-state index contributed by atoms with van der Waals surface area (Å²) in [6, 6.07) is 10.7. The first-order chi connectivity index (χ1) is 10.8. The monoisotopic (exact) mass is 299 g/mol. The summed E-state index contributed by atoms with van der Waals surface area (Å²) in [5.74, 6) is 0.575. The van der Waals surface area contributed by atoms with Crippen LogP contribution < -0.4 is 5.73 Å². The molecule has 1 aromatic carbocycles. The molecule has 0 aliphatic carbocycles. The van der Waals surface area contributed by atoms with Crippen molar-refractivity contribution < 1.29 is 0 Å². The maximum absolute atomic E-state index is 5.82. The predicted molar refractivity (Wildman–Crippen MR) is 93.9 cm³/mol. The third-order valence-corrected chi connectivity index (χ3v) is 4.13. The number of benzene rings is 1. The van der Waals surface area contributed by atoms with Crippen LogP contribution in [-0.2, 0) is 19.3 Å². The molecule has 2 aromatic rings. The largest absolute Gasteiger partial charge is 0.369 e. The van der Waals surface area contributed by atoms with Crippen LogP contribution in [0, 0.1) is 0 Å². The summed E-state index contributed by atoms with van der Waals surface area (Å²) in [4.78, 5) is 7.70. The molecule has 120 valence electrons. The highest BCUT2D eigenvalue weighted by atomic mass is 15.0. The van der Waals surface area contributed by atoms with E-state index in [0.29, 0.717) is 5.95 Å². The molecular weight excluding hydrogens is 270 g/mol. The number of nitrogens with two attached hydrogens (primary N) is 1. The van der Waals surface area contributed by atoms with E-state index in [-0.39, 0.29) is 0 Å². The number of unbranched alkanes of at least 4 members (excludes halogenated alkanes) is 4. The lowest BCUT2D eigenvalue weighted by Crippen LogP contribution is -1.95. The number of hydrogen-bond acceptors (Lipinski definition) is 2. The fourth-order valence-corrected chi connectivity index (χ4v) is 2.88. The summed E-state index contributed by atoms with van der Waals surface area (Å²) in [5, 5.41) is 0. The third-order valence-electron chi connectivity index (χ3n) is 4.13. The van der Waals surface area contributed by atoms with Gasteiger partial charge in [0.1, 0.15) is 0 Å². The molecule has 0 saturated carbocycles. The molecule has 0 fully saturated rings. The number of nitrogens with zero attached hydrogens (tertiary/aromatic N) is 1. The summed E-state index contributed by atoms with van der Waals surface area (Å²) < 4.78 is 0. The number of nitrogen functional groups attached to an aromatic ring is 1. The predicted octanol–water partition coefficient (Wildman–Crippen LogP) is 4.68. The second-order valence-corrected chi connectivity index (χ2v) is 6.05. The number of hydrogen-bond donors (Lipinski definition) is 2. The minimum Gasteiger partial charge on any atom is -0.369 e. The van der Waals surface area contributed by atoms with E-state index in [4.69, 9.17) is 5.73 Å². The van der Waals surface area contributed by atoms with Crippen LogP contribution in [0.2, 0.25) is 0 Å². The van der Waals surface area contributed by atoms with E-state index >= 15 is 0 Å². The van der Waals surface area contributed by atoms with Crippen LogP contribution >= 0.6 is 0 Å². The number of anilines is 1. The van der Waals surface area contributed by atoms with E-state index in [1.807, 2.05) is 0 Å². The first-order valence-corrected chi connectivity index (χ1v) is 8.66. The van der Waals surface area contributed by atoms with Crippen LogP contribution in [0.3, 0.4) is 0 Å². The number of imidazole rings is 1. The number of aryl methyl sites for hydroxylation is 3. The third kappa shape index (κ3) is 5.55. The van der Waals surface area contributed by atoms with Gasteiger partial charge >= 0.3 is 0 Å². The second kappa shape index (κ2) is 9.29. The van der Waals surface area contributed by atoms with Crippen molar-refractivity contribution in [3.8, 4) is 0 Å². The van der Waals surface area contributed by atoms with Gasteiger partial charge in [-0.05, 0) is 44.1 Å². The minimum atomic E-state index is 0.575. The first kappa shape index (κ1) is 16.6. The zero-order valence-electron chi connectivity index (χ0n) is 13.8. The van der Waals surface area contributed by atoms with Gasteiger partial charge in [0.15, 0.2) is 5.95 Å². The molecule has 0 bridgehead atoms. The highest BCUT2D eigenvalue weighted by molar-refractivity contribution is 5.26. The van der Waals surface area contributed by atoms with E-state index in [2.05, 4.69) is 47.2 Å². The maximum atomic E-state index is 5.82. The van der Waals surface area contributed by atoms with Gasteiger partial charge in [-0.3, -0.25) is 0 Å². The molecule has 3 N–H and O–H groups in total. The van der Waals surface area contributed by atoms with Crippen molar-refractivity contribution in [2.24, 2.45) is 0 Å². The van der Waals surface area contributed by atoms with Crippen molar-refractivity contribution in [1.82, 2.24) is 9.97 Å². The molecule has 0 atom stereocenters. The second-order valence-electron chi connectivity index (χ2n) is 6.05. The molecule has 3 nitrogen and oxygen atoms in total. The Balaban J connectivity index is 1.70. The molecule has 0 aliphatic rings. The SMILES string of the molecule is CCCCCc1[nH]c(N)nc1CCCCCc1ccccc1. The lowest BCUT2D eigenvalue weighted by Gasteiger charge is -2.03. The maximum Gasteiger partial charge on any atom is 0.197 e. The highest BCUT2D eigenvalue weighted by Gasteiger charge is 2.08. The van der Waals surface area contributed by atoms with Crippen LogP contribution in [0.1, 0.15) is 62.4 Å². The quantitative estimate of drug-likeness (QED) is 0.626. The molecule has 3 heteroatoms. The highest BCUT2D eigenvalue weighted by Crippen LogP contribution is 2.15. The Morgan fingerprint density at radius 3 is 2.41 bits per heavy atom. The average molecular weight is 299 g/mol. The number of aromatic nitrogens is 2. The van der Waals surface area contributed by atoms with Crippen LogP contribution in [-0.4, -0.2) is 9.97 Å². The van der Waals surface area contributed by atoms with Crippen molar-refractivity contribution in [3.63, 3.8) is 0 Å². The van der Waals surface area contributed by atoms with Gasteiger partial charge in [-0.25, -0.2) is 4.98 Å². The van der Waals surface area contributed by atoms with Crippen molar-refractivity contribution in [2.75, 3.05) is 5.73 Å². The van der Waals surface area contributed by atoms with E-state index in [1.165, 1.54) is 61.9 Å². The van der Waals surface area contributed by atoms with Gasteiger partial charge < -0.3 is 10.7 Å². The molecule has 0 amide bonds. The minimum absolute atomic E-state index is 0.575. The molecule has 0 saturated heterocycles. The van der Waals surface area contributed by atoms with Crippen molar-refractivity contribution in [2.45, 2.75) is 64.7 Å². The summed E-state index contributed by atoms with van der Waals surface area (Å²) in [6.07, 6.45) is 10.7. The Hall–Kier alpha value is -1.77. The number of nitrogens with one attached hydrogen (secondary N) is 1. The van der Waals surface area contributed by atoms with Crippen molar-refractivity contribution in [3.05, 3.63) is 47.3 Å². The van der Waals surface area contributed by atoms with Crippen molar-refractivity contribution in [1.29, 1.82) is 0 Å². The fourth-order valence-electron chi connectivity index (χ4n) is 2.88. The van der Waals surface area contributed by atoms with Gasteiger partial charge in [-0.15, -0.1) is 0 Å². The smallest absolute Gasteiger partial charge is 0.197 e. The zero-order valence-corrected chi connectivity index (χ0v) is 13.8. The summed E-state index contributed by atoms with van der Waals surface area (Å²) in [5.41, 5.74) is 9.71. The van der Waals surface area contributed by atoms with Gasteiger partial charge in [0.2, 0.25) is 0 Å². The number of rotatable bonds is 10. The van der Waals surface area contributed by atoms with Gasteiger partial charge in [0.25, 0.3) is 0 Å². The molecule has 0 radical (unpaired) electrons. The molecule has 1 aromatic heterocycles. The Bertz CT molecular complexity index is 531. The van der Waals surface area contributed by atoms with E-state index < -0.39 is 0 Å². The van der Waals surface area contributed by atoms with E-state index in [0.717, 1.165) is 12.8 Å². The zero-order chi connectivity index (χ0) is 15.6. The topological polar surface area (TPSA) is 54.7 Å². The van der Waals surface area contributed by atoms with Crippen LogP contribution in [0.25, 0.3) is 0 Å². The lowest BCUT2D eigenvalue weighted by molar-refractivity contribution is 0.662. The number of H-pyrrole nitrogens is 1. The molecule has 0 spiro atoms. The van der Waals surface area contributed by atoms with Gasteiger partial charge in [-0.1, -0.05) is 56.5 Å². The Morgan fingerprint density at radius 1 is 0.909 bits per heavy atom. The molecule has 0 aliphatic heterocycles. The van der Waals surface area contributed by atoms with Crippen molar-refractivity contribution >= 4 is 5.95 Å². The Labute approximate surface area is 134 Å². The Kier molecular flexibility index (Phi) is 7.01. The molecule has 1 heterocycles.